The van der Waals surface area contributed by atoms with Crippen LogP contribution in [-0.4, -0.2) is 59.9 Å². The molecule has 2 amide bonds. The summed E-state index contributed by atoms with van der Waals surface area (Å²) in [7, 11) is 1.62. The molecule has 0 atom stereocenters. The van der Waals surface area contributed by atoms with Gasteiger partial charge in [-0.15, -0.1) is 0 Å². The van der Waals surface area contributed by atoms with Crippen molar-refractivity contribution in [2.75, 3.05) is 33.3 Å². The van der Waals surface area contributed by atoms with Crippen molar-refractivity contribution in [3.63, 3.8) is 0 Å². The topological polar surface area (TPSA) is 65.6 Å². The van der Waals surface area contributed by atoms with Crippen molar-refractivity contribution in [1.29, 1.82) is 0 Å². The summed E-state index contributed by atoms with van der Waals surface area (Å²) in [6, 6.07) is 17.3. The molecule has 144 valence electrons. The molecule has 6 heteroatoms. The van der Waals surface area contributed by atoms with Crippen LogP contribution in [0.2, 0.25) is 0 Å². The van der Waals surface area contributed by atoms with Gasteiger partial charge in [0.15, 0.2) is 0 Å². The van der Waals surface area contributed by atoms with Gasteiger partial charge < -0.3 is 19.5 Å². The van der Waals surface area contributed by atoms with E-state index in [9.17, 15) is 9.59 Å². The highest BCUT2D eigenvalue weighted by Crippen LogP contribution is 2.17. The normalized spacial score (nSPS) is 14.3. The summed E-state index contributed by atoms with van der Waals surface area (Å²) in [5, 5.41) is 1.03. The number of carbonyl (C=O) groups is 2. The van der Waals surface area contributed by atoms with Crippen LogP contribution in [0.1, 0.15) is 16.1 Å². The average molecular weight is 377 g/mol. The van der Waals surface area contributed by atoms with E-state index in [4.69, 9.17) is 4.74 Å². The number of amides is 2. The van der Waals surface area contributed by atoms with Gasteiger partial charge in [0.05, 0.1) is 13.5 Å². The Hall–Kier alpha value is -3.28. The number of methoxy groups -OCH3 is 1. The number of carbonyl (C=O) groups excluding carboxylic acids is 2. The van der Waals surface area contributed by atoms with E-state index in [1.807, 2.05) is 64.4 Å². The molecule has 1 aromatic heterocycles. The molecule has 28 heavy (non-hydrogen) atoms. The molecular weight excluding hydrogens is 354 g/mol. The maximum atomic E-state index is 12.8. The SMILES string of the molecule is COc1ccc(CC(=O)N2CCN(C(=O)c3cc4ccccc4[nH]3)CC2)cc1. The van der Waals surface area contributed by atoms with E-state index < -0.39 is 0 Å². The number of rotatable bonds is 4. The van der Waals surface area contributed by atoms with Gasteiger partial charge >= 0.3 is 0 Å². The lowest BCUT2D eigenvalue weighted by Crippen LogP contribution is -2.51. The van der Waals surface area contributed by atoms with Crippen LogP contribution in [0.5, 0.6) is 5.75 Å². The molecule has 3 aromatic rings. The number of piperazine rings is 1. The van der Waals surface area contributed by atoms with Gasteiger partial charge in [0.25, 0.3) is 5.91 Å². The average Bonchev–Trinajstić information content (AvgIpc) is 3.18. The van der Waals surface area contributed by atoms with Crippen LogP contribution in [0.4, 0.5) is 0 Å². The number of para-hydroxylation sites is 1. The fraction of sp³-hybridized carbons (Fsp3) is 0.273. The van der Waals surface area contributed by atoms with Gasteiger partial charge in [0.2, 0.25) is 5.91 Å². The molecule has 0 aliphatic carbocycles. The summed E-state index contributed by atoms with van der Waals surface area (Å²) >= 11 is 0. The van der Waals surface area contributed by atoms with E-state index >= 15 is 0 Å². The first-order chi connectivity index (χ1) is 13.6. The number of benzene rings is 2. The van der Waals surface area contributed by atoms with Crippen LogP contribution in [-0.2, 0) is 11.2 Å². The summed E-state index contributed by atoms with van der Waals surface area (Å²) in [5.41, 5.74) is 2.51. The molecule has 1 aliphatic rings. The zero-order chi connectivity index (χ0) is 19.5. The molecule has 2 aromatic carbocycles. The largest absolute Gasteiger partial charge is 0.497 e. The van der Waals surface area contributed by atoms with Gasteiger partial charge in [0.1, 0.15) is 11.4 Å². The molecule has 0 radical (unpaired) electrons. The Morgan fingerprint density at radius 3 is 2.32 bits per heavy atom. The van der Waals surface area contributed by atoms with Gasteiger partial charge in [0, 0.05) is 37.1 Å². The van der Waals surface area contributed by atoms with Gasteiger partial charge in [-0.2, -0.15) is 0 Å². The number of hydrogen-bond donors (Lipinski definition) is 1. The maximum absolute atomic E-state index is 12.8. The molecular formula is C22H23N3O3. The molecule has 0 bridgehead atoms. The number of nitrogens with one attached hydrogen (secondary N) is 1. The number of H-pyrrole nitrogens is 1. The lowest BCUT2D eigenvalue weighted by molar-refractivity contribution is -0.131. The minimum absolute atomic E-state index is 0.0153. The molecule has 0 saturated carbocycles. The highest BCUT2D eigenvalue weighted by molar-refractivity contribution is 5.98. The fourth-order valence-electron chi connectivity index (χ4n) is 3.55. The Bertz CT molecular complexity index is 953. The van der Waals surface area contributed by atoms with E-state index in [1.165, 1.54) is 0 Å². The second-order valence-corrected chi connectivity index (χ2v) is 6.97. The number of nitrogens with zero attached hydrogens (tertiary/aromatic N) is 2. The summed E-state index contributed by atoms with van der Waals surface area (Å²) in [5.74, 6) is 0.849. The highest BCUT2D eigenvalue weighted by Gasteiger charge is 2.25. The van der Waals surface area contributed by atoms with Crippen molar-refractivity contribution in [2.24, 2.45) is 0 Å². The monoisotopic (exact) mass is 377 g/mol. The number of ether oxygens (including phenoxy) is 1. The van der Waals surface area contributed by atoms with Crippen LogP contribution in [0.15, 0.2) is 54.6 Å². The summed E-state index contributed by atoms with van der Waals surface area (Å²) in [4.78, 5) is 32.2. The minimum Gasteiger partial charge on any atom is -0.497 e. The number of hydrogen-bond acceptors (Lipinski definition) is 3. The summed E-state index contributed by atoms with van der Waals surface area (Å²) in [6.45, 7) is 2.20. The van der Waals surface area contributed by atoms with Crippen molar-refractivity contribution in [3.8, 4) is 5.75 Å². The molecule has 1 N–H and O–H groups in total. The van der Waals surface area contributed by atoms with Crippen molar-refractivity contribution in [3.05, 3.63) is 65.9 Å². The van der Waals surface area contributed by atoms with Crippen LogP contribution in [0, 0.1) is 0 Å². The molecule has 1 saturated heterocycles. The van der Waals surface area contributed by atoms with Crippen LogP contribution < -0.4 is 4.74 Å². The van der Waals surface area contributed by atoms with Crippen molar-refractivity contribution in [1.82, 2.24) is 14.8 Å². The predicted octanol–water partition coefficient (Wildman–Crippen LogP) is 2.70. The van der Waals surface area contributed by atoms with E-state index in [1.54, 1.807) is 7.11 Å². The predicted molar refractivity (Wildman–Crippen MR) is 107 cm³/mol. The van der Waals surface area contributed by atoms with Gasteiger partial charge in [-0.1, -0.05) is 30.3 Å². The second-order valence-electron chi connectivity index (χ2n) is 6.97. The highest BCUT2D eigenvalue weighted by atomic mass is 16.5. The molecule has 1 fully saturated rings. The summed E-state index contributed by atoms with van der Waals surface area (Å²) < 4.78 is 5.15. The Kier molecular flexibility index (Phi) is 5.02. The third-order valence-electron chi connectivity index (χ3n) is 5.19. The van der Waals surface area contributed by atoms with E-state index in [2.05, 4.69) is 4.98 Å². The van der Waals surface area contributed by atoms with Gasteiger partial charge in [-0.25, -0.2) is 0 Å². The zero-order valence-electron chi connectivity index (χ0n) is 15.9. The number of aromatic amines is 1. The Labute approximate surface area is 163 Å². The number of aromatic nitrogens is 1. The Morgan fingerprint density at radius 2 is 1.64 bits per heavy atom. The molecule has 2 heterocycles. The van der Waals surface area contributed by atoms with E-state index in [0.717, 1.165) is 22.2 Å². The molecule has 4 rings (SSSR count). The summed E-state index contributed by atoms with van der Waals surface area (Å²) in [6.07, 6.45) is 0.361. The lowest BCUT2D eigenvalue weighted by Gasteiger charge is -2.34. The van der Waals surface area contributed by atoms with E-state index in [0.29, 0.717) is 38.3 Å². The van der Waals surface area contributed by atoms with Crippen molar-refractivity contribution in [2.45, 2.75) is 6.42 Å². The number of fused-ring (bicyclic) bond motifs is 1. The van der Waals surface area contributed by atoms with Gasteiger partial charge in [-0.3, -0.25) is 9.59 Å². The van der Waals surface area contributed by atoms with Crippen molar-refractivity contribution < 1.29 is 14.3 Å². The second kappa shape index (κ2) is 7.76. The first-order valence-corrected chi connectivity index (χ1v) is 9.42. The molecule has 1 aliphatic heterocycles. The minimum atomic E-state index is -0.0153. The fourth-order valence-corrected chi connectivity index (χ4v) is 3.55. The maximum Gasteiger partial charge on any atom is 0.270 e. The third kappa shape index (κ3) is 3.71. The van der Waals surface area contributed by atoms with Crippen molar-refractivity contribution >= 4 is 22.7 Å². The first kappa shape index (κ1) is 18.1. The van der Waals surface area contributed by atoms with Crippen LogP contribution in [0.3, 0.4) is 0 Å². The molecule has 6 nitrogen and oxygen atoms in total. The Morgan fingerprint density at radius 1 is 0.964 bits per heavy atom. The first-order valence-electron chi connectivity index (χ1n) is 9.42. The molecule has 0 spiro atoms. The molecule has 0 unspecified atom stereocenters. The van der Waals surface area contributed by atoms with Gasteiger partial charge in [-0.05, 0) is 29.8 Å². The standard InChI is InChI=1S/C22H23N3O3/c1-28-18-8-6-16(7-9-18)14-21(26)24-10-12-25(13-11-24)22(27)20-15-17-4-2-3-5-19(17)23-20/h2-9,15,23H,10-14H2,1H3. The Balaban J connectivity index is 1.34. The van der Waals surface area contributed by atoms with E-state index in [-0.39, 0.29) is 11.8 Å². The lowest BCUT2D eigenvalue weighted by atomic mass is 10.1. The quantitative estimate of drug-likeness (QED) is 0.760. The third-order valence-corrected chi connectivity index (χ3v) is 5.19. The van der Waals surface area contributed by atoms with Crippen LogP contribution >= 0.6 is 0 Å². The van der Waals surface area contributed by atoms with Crippen LogP contribution in [0.25, 0.3) is 10.9 Å². The smallest absolute Gasteiger partial charge is 0.270 e. The zero-order valence-corrected chi connectivity index (χ0v) is 15.9.